The zero-order valence-corrected chi connectivity index (χ0v) is 15.0. The van der Waals surface area contributed by atoms with Crippen LogP contribution in [0.25, 0.3) is 10.9 Å². The topological polar surface area (TPSA) is 112 Å². The molecule has 7 nitrogen and oxygen atoms in total. The third-order valence-corrected chi connectivity index (χ3v) is 4.23. The number of benzene rings is 1. The van der Waals surface area contributed by atoms with E-state index in [9.17, 15) is 18.4 Å². The SMILES string of the molecule is Cc1nc(C#N)cnc1[C@H](C)NC(=O)Cc1cc2c(F)c(F)ccc2[nH]c1=O.[HH].[HH]. The van der Waals surface area contributed by atoms with Gasteiger partial charge in [0.2, 0.25) is 5.91 Å². The molecule has 3 rings (SSSR count). The number of H-pyrrole nitrogens is 1. The highest BCUT2D eigenvalue weighted by Crippen LogP contribution is 2.19. The maximum absolute atomic E-state index is 13.9. The Morgan fingerprint density at radius 3 is 2.86 bits per heavy atom. The Balaban J connectivity index is 0.00000225. The molecule has 0 saturated carbocycles. The van der Waals surface area contributed by atoms with Crippen molar-refractivity contribution in [3.8, 4) is 6.07 Å². The standard InChI is InChI=1S/C19H15F2N5O2.2H2/c1-9-18(23-8-12(7-22)24-9)10(2)25-16(27)6-11-5-13-15(26-19(11)28)4-3-14(20)17(13)21;;/h3-5,8,10H,6H2,1-2H3,(H,25,27)(H,26,28);2*1H/t10-;;/m0../s1. The van der Waals surface area contributed by atoms with Gasteiger partial charge in [-0.1, -0.05) is 0 Å². The van der Waals surface area contributed by atoms with Crippen molar-refractivity contribution < 1.29 is 16.4 Å². The number of nitriles is 1. The average molecular weight is 387 g/mol. The first-order valence-electron chi connectivity index (χ1n) is 8.33. The molecule has 0 saturated heterocycles. The predicted molar refractivity (Wildman–Crippen MR) is 100 cm³/mol. The molecule has 2 aromatic heterocycles. The number of aryl methyl sites for hydroxylation is 1. The second-order valence-electron chi connectivity index (χ2n) is 6.25. The first-order chi connectivity index (χ1) is 13.3. The number of hydrogen-bond donors (Lipinski definition) is 2. The summed E-state index contributed by atoms with van der Waals surface area (Å²) in [5.41, 5.74) is 0.725. The van der Waals surface area contributed by atoms with E-state index in [0.717, 1.165) is 6.07 Å². The number of hydrogen-bond acceptors (Lipinski definition) is 5. The predicted octanol–water partition coefficient (Wildman–Crippen LogP) is 2.69. The van der Waals surface area contributed by atoms with E-state index in [1.807, 2.05) is 6.07 Å². The molecule has 0 aliphatic heterocycles. The number of halogens is 2. The molecule has 0 aliphatic carbocycles. The fraction of sp³-hybridized carbons (Fsp3) is 0.211. The Kier molecular flexibility index (Phi) is 5.13. The molecule has 0 fully saturated rings. The number of aromatic amines is 1. The van der Waals surface area contributed by atoms with E-state index in [0.29, 0.717) is 11.4 Å². The minimum atomic E-state index is -1.09. The van der Waals surface area contributed by atoms with E-state index in [-0.39, 0.29) is 31.4 Å². The van der Waals surface area contributed by atoms with Crippen molar-refractivity contribution in [2.45, 2.75) is 26.3 Å². The summed E-state index contributed by atoms with van der Waals surface area (Å²) in [6, 6.07) is 4.70. The Morgan fingerprint density at radius 2 is 2.18 bits per heavy atom. The highest BCUT2D eigenvalue weighted by molar-refractivity contribution is 5.83. The molecule has 146 valence electrons. The third-order valence-electron chi connectivity index (χ3n) is 4.23. The monoisotopic (exact) mass is 387 g/mol. The molecule has 2 N–H and O–H groups in total. The van der Waals surface area contributed by atoms with Gasteiger partial charge in [0.25, 0.3) is 5.56 Å². The third kappa shape index (κ3) is 3.71. The van der Waals surface area contributed by atoms with Crippen molar-refractivity contribution in [1.82, 2.24) is 20.3 Å². The summed E-state index contributed by atoms with van der Waals surface area (Å²) in [4.78, 5) is 35.1. The minimum absolute atomic E-state index is 0. The van der Waals surface area contributed by atoms with Crippen molar-refractivity contribution in [1.29, 1.82) is 5.26 Å². The van der Waals surface area contributed by atoms with Crippen LogP contribution in [-0.2, 0) is 11.2 Å². The first kappa shape index (κ1) is 19.1. The normalized spacial score (nSPS) is 11.8. The molecule has 2 heterocycles. The van der Waals surface area contributed by atoms with Crippen LogP contribution in [0.2, 0.25) is 0 Å². The van der Waals surface area contributed by atoms with Crippen LogP contribution in [0.15, 0.2) is 29.2 Å². The van der Waals surface area contributed by atoms with Gasteiger partial charge in [0.05, 0.1) is 35.6 Å². The number of carbonyl (C=O) groups is 1. The summed E-state index contributed by atoms with van der Waals surface area (Å²) < 4.78 is 27.4. The summed E-state index contributed by atoms with van der Waals surface area (Å²) in [6.07, 6.45) is 0.977. The van der Waals surface area contributed by atoms with Crippen LogP contribution in [0.5, 0.6) is 0 Å². The van der Waals surface area contributed by atoms with Crippen LogP contribution in [0.3, 0.4) is 0 Å². The average Bonchev–Trinajstić information content (AvgIpc) is 2.65. The zero-order chi connectivity index (χ0) is 20.4. The smallest absolute Gasteiger partial charge is 0.252 e. The lowest BCUT2D eigenvalue weighted by Crippen LogP contribution is -2.31. The van der Waals surface area contributed by atoms with Crippen LogP contribution in [-0.4, -0.2) is 20.9 Å². The summed E-state index contributed by atoms with van der Waals surface area (Å²) in [7, 11) is 0. The fourth-order valence-electron chi connectivity index (χ4n) is 2.89. The van der Waals surface area contributed by atoms with E-state index in [2.05, 4.69) is 20.3 Å². The number of carbonyl (C=O) groups excluding carboxylic acids is 1. The van der Waals surface area contributed by atoms with Crippen LogP contribution in [0.1, 0.15) is 38.5 Å². The summed E-state index contributed by atoms with van der Waals surface area (Å²) in [6.45, 7) is 3.35. The van der Waals surface area contributed by atoms with Gasteiger partial charge in [-0.25, -0.2) is 13.8 Å². The zero-order valence-electron chi connectivity index (χ0n) is 15.0. The molecule has 0 unspecified atom stereocenters. The Labute approximate surface area is 161 Å². The van der Waals surface area contributed by atoms with Gasteiger partial charge >= 0.3 is 0 Å². The van der Waals surface area contributed by atoms with Crippen LogP contribution in [0.4, 0.5) is 8.78 Å². The second kappa shape index (κ2) is 7.52. The van der Waals surface area contributed by atoms with Gasteiger partial charge in [0, 0.05) is 13.8 Å². The number of aromatic nitrogens is 3. The quantitative estimate of drug-likeness (QED) is 0.715. The molecular weight excluding hydrogens is 368 g/mol. The van der Waals surface area contributed by atoms with E-state index in [1.165, 1.54) is 18.3 Å². The van der Waals surface area contributed by atoms with Crippen LogP contribution >= 0.6 is 0 Å². The largest absolute Gasteiger partial charge is 0.348 e. The molecule has 0 aliphatic rings. The number of nitrogens with zero attached hydrogens (tertiary/aromatic N) is 3. The van der Waals surface area contributed by atoms with Gasteiger partial charge in [-0.15, -0.1) is 0 Å². The van der Waals surface area contributed by atoms with Gasteiger partial charge in [0.1, 0.15) is 6.07 Å². The summed E-state index contributed by atoms with van der Waals surface area (Å²) >= 11 is 0. The van der Waals surface area contributed by atoms with Crippen molar-refractivity contribution >= 4 is 16.8 Å². The van der Waals surface area contributed by atoms with E-state index in [1.54, 1.807) is 13.8 Å². The highest BCUT2D eigenvalue weighted by atomic mass is 19.2. The maximum atomic E-state index is 13.9. The van der Waals surface area contributed by atoms with Crippen molar-refractivity contribution in [3.05, 3.63) is 69.0 Å². The van der Waals surface area contributed by atoms with E-state index >= 15 is 0 Å². The number of rotatable bonds is 4. The van der Waals surface area contributed by atoms with Gasteiger partial charge in [-0.3, -0.25) is 14.6 Å². The lowest BCUT2D eigenvalue weighted by atomic mass is 10.1. The minimum Gasteiger partial charge on any atom is -0.348 e. The number of amides is 1. The van der Waals surface area contributed by atoms with E-state index in [4.69, 9.17) is 5.26 Å². The Hall–Kier alpha value is -3.67. The first-order valence-corrected chi connectivity index (χ1v) is 8.33. The molecule has 28 heavy (non-hydrogen) atoms. The highest BCUT2D eigenvalue weighted by Gasteiger charge is 2.17. The fourth-order valence-corrected chi connectivity index (χ4v) is 2.89. The molecule has 0 radical (unpaired) electrons. The van der Waals surface area contributed by atoms with Gasteiger partial charge < -0.3 is 10.3 Å². The number of nitrogens with one attached hydrogen (secondary N) is 2. The number of pyridine rings is 1. The van der Waals surface area contributed by atoms with E-state index < -0.39 is 29.1 Å². The van der Waals surface area contributed by atoms with Crippen LogP contribution < -0.4 is 10.9 Å². The summed E-state index contributed by atoms with van der Waals surface area (Å²) in [5.74, 6) is -2.63. The summed E-state index contributed by atoms with van der Waals surface area (Å²) in [5, 5.41) is 11.4. The number of fused-ring (bicyclic) bond motifs is 1. The molecule has 1 atom stereocenters. The van der Waals surface area contributed by atoms with Crippen molar-refractivity contribution in [2.75, 3.05) is 0 Å². The molecular formula is C19H19F2N5O2. The maximum Gasteiger partial charge on any atom is 0.252 e. The van der Waals surface area contributed by atoms with Gasteiger partial charge in [-0.2, -0.15) is 5.26 Å². The van der Waals surface area contributed by atoms with Crippen molar-refractivity contribution in [2.24, 2.45) is 0 Å². The Bertz CT molecular complexity index is 1190. The Morgan fingerprint density at radius 1 is 1.43 bits per heavy atom. The molecule has 9 heteroatoms. The van der Waals surface area contributed by atoms with Crippen LogP contribution in [0, 0.1) is 29.9 Å². The van der Waals surface area contributed by atoms with Crippen molar-refractivity contribution in [3.63, 3.8) is 0 Å². The second-order valence-corrected chi connectivity index (χ2v) is 6.25. The van der Waals surface area contributed by atoms with Gasteiger partial charge in [0.15, 0.2) is 17.3 Å². The lowest BCUT2D eigenvalue weighted by molar-refractivity contribution is -0.121. The molecule has 3 aromatic rings. The molecule has 0 bridgehead atoms. The van der Waals surface area contributed by atoms with Gasteiger partial charge in [-0.05, 0) is 32.0 Å². The molecule has 0 spiro atoms. The molecule has 1 amide bonds. The lowest BCUT2D eigenvalue weighted by Gasteiger charge is -2.15. The molecule has 1 aromatic carbocycles.